The Labute approximate surface area is 244 Å². The molecule has 2 saturated carbocycles. The number of hydrogen-bond donors (Lipinski definition) is 4. The van der Waals surface area contributed by atoms with Crippen LogP contribution in [0.25, 0.3) is 0 Å². The molecule has 3 fully saturated rings. The second-order valence-electron chi connectivity index (χ2n) is 13.0. The van der Waals surface area contributed by atoms with Crippen molar-refractivity contribution in [3.05, 3.63) is 47.0 Å². The Morgan fingerprint density at radius 3 is 2.19 bits per heavy atom. The fraction of sp³-hybridized carbons (Fsp3) is 0.645. The Balaban J connectivity index is 1.84. The Bertz CT molecular complexity index is 1300. The van der Waals surface area contributed by atoms with Gasteiger partial charge >= 0.3 is 17.9 Å². The third-order valence-corrected chi connectivity index (χ3v) is 10.3. The standard InChI is InChI=1S/C31H40O11/c1-15-19(40-16(2)32)13-30(28(4,5)38)22(15)23(35)25(36)29(6)20(34)12-21-31(14-39-21,42-17(3)33)24(29)26(30)41-27(37)18-10-8-7-9-11-18/h7-11,19-21,23-26,34-36,38H,12-14H2,1-6H3/t19-,20-,21+,23+,24-,25-,26-,29+,30-,31-/m0/s1. The molecule has 5 rings (SSSR count). The molecule has 42 heavy (non-hydrogen) atoms. The first-order valence-electron chi connectivity index (χ1n) is 14.2. The average molecular weight is 589 g/mol. The Kier molecular flexibility index (Phi) is 7.38. The summed E-state index contributed by atoms with van der Waals surface area (Å²) in [4.78, 5) is 38.6. The SMILES string of the molecule is CC(=O)O[C@H]1C[C@]2(C(C)(C)O)C(=C1C)[C@@H](O)[C@H](O)[C@@]1(C)[C@H]([C@@H]2OC(=O)c2ccccc2)[C@]2(OC(C)=O)CO[C@@H]2C[C@@H]1O. The highest BCUT2D eigenvalue weighted by Gasteiger charge is 2.79. The van der Waals surface area contributed by atoms with Gasteiger partial charge in [-0.2, -0.15) is 0 Å². The van der Waals surface area contributed by atoms with Crippen LogP contribution >= 0.6 is 0 Å². The number of hydrogen-bond acceptors (Lipinski definition) is 11. The van der Waals surface area contributed by atoms with Crippen LogP contribution < -0.4 is 0 Å². The van der Waals surface area contributed by atoms with Crippen molar-refractivity contribution in [2.45, 2.75) is 102 Å². The molecule has 10 atom stereocenters. The third-order valence-electron chi connectivity index (χ3n) is 10.3. The quantitative estimate of drug-likeness (QED) is 0.223. The maximum atomic E-state index is 13.8. The lowest BCUT2D eigenvalue weighted by molar-refractivity contribution is -0.351. The predicted molar refractivity (Wildman–Crippen MR) is 146 cm³/mol. The Hall–Kier alpha value is -2.83. The van der Waals surface area contributed by atoms with E-state index in [0.29, 0.717) is 5.57 Å². The largest absolute Gasteiger partial charge is 0.458 e. The zero-order valence-electron chi connectivity index (χ0n) is 24.7. The van der Waals surface area contributed by atoms with Gasteiger partial charge in [0.05, 0.1) is 41.3 Å². The van der Waals surface area contributed by atoms with E-state index in [-0.39, 0.29) is 30.6 Å². The van der Waals surface area contributed by atoms with Crippen LogP contribution in [0.2, 0.25) is 0 Å². The molecule has 1 aromatic rings. The number of fused-ring (bicyclic) bond motifs is 4. The highest BCUT2D eigenvalue weighted by Crippen LogP contribution is 2.67. The van der Waals surface area contributed by atoms with Crippen LogP contribution in [0.5, 0.6) is 0 Å². The molecular weight excluding hydrogens is 548 g/mol. The summed E-state index contributed by atoms with van der Waals surface area (Å²) >= 11 is 0. The van der Waals surface area contributed by atoms with Gasteiger partial charge in [-0.25, -0.2) is 4.79 Å². The van der Waals surface area contributed by atoms with Gasteiger partial charge < -0.3 is 39.4 Å². The minimum Gasteiger partial charge on any atom is -0.458 e. The van der Waals surface area contributed by atoms with Gasteiger partial charge in [0.15, 0.2) is 5.60 Å². The zero-order valence-corrected chi connectivity index (χ0v) is 24.7. The Morgan fingerprint density at radius 1 is 1.02 bits per heavy atom. The molecule has 1 aromatic carbocycles. The van der Waals surface area contributed by atoms with Gasteiger partial charge in [0.1, 0.15) is 24.4 Å². The molecule has 0 aromatic heterocycles. The molecule has 1 aliphatic heterocycles. The van der Waals surface area contributed by atoms with Crippen LogP contribution in [0.15, 0.2) is 41.5 Å². The normalized spacial score (nSPS) is 41.0. The van der Waals surface area contributed by atoms with Gasteiger partial charge in [-0.05, 0) is 44.1 Å². The minimum atomic E-state index is -1.77. The topological polar surface area (TPSA) is 169 Å². The maximum absolute atomic E-state index is 13.8. The summed E-state index contributed by atoms with van der Waals surface area (Å²) in [5.41, 5.74) is -5.81. The van der Waals surface area contributed by atoms with Gasteiger partial charge in [0.25, 0.3) is 0 Å². The Morgan fingerprint density at radius 2 is 1.67 bits per heavy atom. The van der Waals surface area contributed by atoms with Crippen molar-refractivity contribution in [3.63, 3.8) is 0 Å². The molecule has 1 heterocycles. The first-order valence-corrected chi connectivity index (χ1v) is 14.2. The van der Waals surface area contributed by atoms with Crippen LogP contribution in [0, 0.1) is 16.7 Å². The summed E-state index contributed by atoms with van der Waals surface area (Å²) in [5, 5.41) is 47.6. The lowest BCUT2D eigenvalue weighted by atomic mass is 9.49. The predicted octanol–water partition coefficient (Wildman–Crippen LogP) is 1.44. The van der Waals surface area contributed by atoms with E-state index in [1.165, 1.54) is 27.7 Å². The van der Waals surface area contributed by atoms with Crippen LogP contribution in [-0.4, -0.2) is 92.8 Å². The minimum absolute atomic E-state index is 0.0208. The van der Waals surface area contributed by atoms with E-state index in [0.717, 1.165) is 0 Å². The number of benzene rings is 1. The van der Waals surface area contributed by atoms with Crippen molar-refractivity contribution in [3.8, 4) is 0 Å². The number of aliphatic hydroxyl groups excluding tert-OH is 3. The summed E-state index contributed by atoms with van der Waals surface area (Å²) in [7, 11) is 0. The van der Waals surface area contributed by atoms with E-state index >= 15 is 0 Å². The van der Waals surface area contributed by atoms with E-state index in [1.807, 2.05) is 0 Å². The highest BCUT2D eigenvalue weighted by atomic mass is 16.6. The van der Waals surface area contributed by atoms with Crippen molar-refractivity contribution in [1.82, 2.24) is 0 Å². The molecule has 0 radical (unpaired) electrons. The van der Waals surface area contributed by atoms with E-state index in [1.54, 1.807) is 44.2 Å². The van der Waals surface area contributed by atoms with E-state index in [4.69, 9.17) is 18.9 Å². The highest BCUT2D eigenvalue weighted by molar-refractivity contribution is 5.89. The summed E-state index contributed by atoms with van der Waals surface area (Å²) in [6.07, 6.45) is -7.92. The van der Waals surface area contributed by atoms with Crippen LogP contribution in [0.4, 0.5) is 0 Å². The molecule has 11 nitrogen and oxygen atoms in total. The van der Waals surface area contributed by atoms with Crippen molar-refractivity contribution in [1.29, 1.82) is 0 Å². The third kappa shape index (κ3) is 4.16. The lowest BCUT2D eigenvalue weighted by Crippen LogP contribution is -2.78. The molecule has 0 bridgehead atoms. The zero-order chi connectivity index (χ0) is 31.0. The van der Waals surface area contributed by atoms with Gasteiger partial charge in [0, 0.05) is 32.1 Å². The second kappa shape index (κ2) is 10.1. The van der Waals surface area contributed by atoms with Gasteiger partial charge in [0.2, 0.25) is 0 Å². The molecule has 11 heteroatoms. The van der Waals surface area contributed by atoms with Crippen LogP contribution in [0.1, 0.15) is 64.7 Å². The summed E-state index contributed by atoms with van der Waals surface area (Å²) in [6, 6.07) is 8.18. The van der Waals surface area contributed by atoms with Crippen molar-refractivity contribution < 1.29 is 53.8 Å². The van der Waals surface area contributed by atoms with Crippen molar-refractivity contribution in [2.75, 3.05) is 6.61 Å². The molecule has 0 amide bonds. The summed E-state index contributed by atoms with van der Waals surface area (Å²) in [5.74, 6) is -3.19. The first kappa shape index (κ1) is 30.6. The summed E-state index contributed by atoms with van der Waals surface area (Å²) in [6.45, 7) is 8.53. The lowest BCUT2D eigenvalue weighted by Gasteiger charge is -2.65. The number of carbonyl (C=O) groups is 3. The molecule has 0 spiro atoms. The van der Waals surface area contributed by atoms with Gasteiger partial charge in [-0.1, -0.05) is 25.1 Å². The number of esters is 3. The fourth-order valence-corrected chi connectivity index (χ4v) is 8.32. The van der Waals surface area contributed by atoms with Crippen LogP contribution in [0.3, 0.4) is 0 Å². The molecule has 3 aliphatic carbocycles. The van der Waals surface area contributed by atoms with E-state index in [9.17, 15) is 34.8 Å². The number of carbonyl (C=O) groups excluding carboxylic acids is 3. The van der Waals surface area contributed by atoms with E-state index < -0.39 is 82.5 Å². The first-order chi connectivity index (χ1) is 19.5. The van der Waals surface area contributed by atoms with Crippen LogP contribution in [-0.2, 0) is 28.5 Å². The molecule has 4 N–H and O–H groups in total. The average Bonchev–Trinajstić information content (AvgIpc) is 3.17. The maximum Gasteiger partial charge on any atom is 0.338 e. The summed E-state index contributed by atoms with van der Waals surface area (Å²) < 4.78 is 23.8. The van der Waals surface area contributed by atoms with Crippen molar-refractivity contribution >= 4 is 17.9 Å². The molecule has 4 aliphatic rings. The van der Waals surface area contributed by atoms with Gasteiger partial charge in [-0.3, -0.25) is 9.59 Å². The fourth-order valence-electron chi connectivity index (χ4n) is 8.32. The number of aliphatic hydroxyl groups is 4. The monoisotopic (exact) mass is 588 g/mol. The van der Waals surface area contributed by atoms with Gasteiger partial charge in [-0.15, -0.1) is 0 Å². The molecular formula is C31H40O11. The number of rotatable bonds is 5. The molecule has 0 unspecified atom stereocenters. The smallest absolute Gasteiger partial charge is 0.338 e. The van der Waals surface area contributed by atoms with E-state index in [2.05, 4.69) is 0 Å². The second-order valence-corrected chi connectivity index (χ2v) is 13.0. The molecule has 230 valence electrons. The molecule has 1 saturated heterocycles. The van der Waals surface area contributed by atoms with Crippen molar-refractivity contribution in [2.24, 2.45) is 16.7 Å². The number of ether oxygens (including phenoxy) is 4.